The number of carbonyl (C=O) groups is 2. The SMILES string of the molecule is Cc1cc(C)nc(-n2nc(C)c(CC(=O)N3CCCC(CN(C(=O)OC(C)(C)C)C(C)C)C3)c2C)n1. The van der Waals surface area contributed by atoms with Gasteiger partial charge in [-0.1, -0.05) is 0 Å². The Morgan fingerprint density at radius 2 is 1.78 bits per heavy atom. The summed E-state index contributed by atoms with van der Waals surface area (Å²) in [6.45, 7) is 19.3. The van der Waals surface area contributed by atoms with Gasteiger partial charge in [-0.2, -0.15) is 5.10 Å². The number of amides is 2. The minimum atomic E-state index is -0.541. The number of hydrogen-bond donors (Lipinski definition) is 0. The summed E-state index contributed by atoms with van der Waals surface area (Å²) in [5.41, 5.74) is 3.83. The van der Waals surface area contributed by atoms with Crippen LogP contribution in [0.25, 0.3) is 5.95 Å². The standard InChI is InChI=1S/C27H42N6O3/c1-17(2)32(26(35)36-27(7,8)9)16-22-11-10-12-31(15-22)24(34)14-23-20(5)30-33(21(23)6)25-28-18(3)13-19(4)29-25/h13,17,22H,10-12,14-16H2,1-9H3. The number of piperidine rings is 1. The molecule has 3 rings (SSSR count). The third kappa shape index (κ3) is 6.83. The van der Waals surface area contributed by atoms with E-state index >= 15 is 0 Å². The van der Waals surface area contributed by atoms with E-state index < -0.39 is 5.60 Å². The summed E-state index contributed by atoms with van der Waals surface area (Å²) < 4.78 is 7.36. The molecule has 2 aromatic rings. The van der Waals surface area contributed by atoms with Gasteiger partial charge in [0.25, 0.3) is 5.95 Å². The lowest BCUT2D eigenvalue weighted by atomic mass is 9.96. The van der Waals surface area contributed by atoms with Gasteiger partial charge in [0, 0.05) is 48.3 Å². The minimum absolute atomic E-state index is 0.0227. The molecule has 1 unspecified atom stereocenters. The van der Waals surface area contributed by atoms with Crippen molar-refractivity contribution in [2.75, 3.05) is 19.6 Å². The molecule has 3 heterocycles. The number of rotatable bonds is 6. The van der Waals surface area contributed by atoms with Crippen molar-refractivity contribution >= 4 is 12.0 Å². The van der Waals surface area contributed by atoms with E-state index in [-0.39, 0.29) is 30.4 Å². The molecule has 9 nitrogen and oxygen atoms in total. The van der Waals surface area contributed by atoms with Crippen LogP contribution in [-0.2, 0) is 16.0 Å². The Bertz CT molecular complexity index is 1080. The van der Waals surface area contributed by atoms with Crippen LogP contribution < -0.4 is 0 Å². The highest BCUT2D eigenvalue weighted by Gasteiger charge is 2.31. The quantitative estimate of drug-likeness (QED) is 0.589. The second-order valence-electron chi connectivity index (χ2n) is 11.3. The first-order valence-electron chi connectivity index (χ1n) is 12.9. The van der Waals surface area contributed by atoms with Crippen LogP contribution in [-0.4, -0.2) is 72.8 Å². The van der Waals surface area contributed by atoms with E-state index in [0.29, 0.717) is 19.0 Å². The van der Waals surface area contributed by atoms with Crippen molar-refractivity contribution in [3.63, 3.8) is 0 Å². The van der Waals surface area contributed by atoms with Gasteiger partial charge in [-0.25, -0.2) is 19.4 Å². The third-order valence-corrected chi connectivity index (χ3v) is 6.51. The smallest absolute Gasteiger partial charge is 0.410 e. The molecule has 0 N–H and O–H groups in total. The van der Waals surface area contributed by atoms with Gasteiger partial charge in [-0.05, 0) is 87.1 Å². The first-order valence-corrected chi connectivity index (χ1v) is 12.9. The molecule has 2 amide bonds. The highest BCUT2D eigenvalue weighted by atomic mass is 16.6. The van der Waals surface area contributed by atoms with Gasteiger partial charge in [-0.15, -0.1) is 0 Å². The highest BCUT2D eigenvalue weighted by molar-refractivity contribution is 5.79. The Hall–Kier alpha value is -2.97. The maximum absolute atomic E-state index is 13.4. The van der Waals surface area contributed by atoms with Gasteiger partial charge >= 0.3 is 6.09 Å². The first-order chi connectivity index (χ1) is 16.7. The molecule has 9 heteroatoms. The number of aromatic nitrogens is 4. The zero-order chi connectivity index (χ0) is 26.8. The van der Waals surface area contributed by atoms with Gasteiger partial charge < -0.3 is 14.5 Å². The molecule has 1 aliphatic heterocycles. The Morgan fingerprint density at radius 3 is 2.36 bits per heavy atom. The highest BCUT2D eigenvalue weighted by Crippen LogP contribution is 2.23. The lowest BCUT2D eigenvalue weighted by molar-refractivity contribution is -0.132. The maximum atomic E-state index is 13.4. The maximum Gasteiger partial charge on any atom is 0.410 e. The van der Waals surface area contributed by atoms with Crippen LogP contribution in [0.2, 0.25) is 0 Å². The second kappa shape index (κ2) is 11.0. The zero-order valence-electron chi connectivity index (χ0n) is 23.4. The fourth-order valence-electron chi connectivity index (χ4n) is 4.73. The van der Waals surface area contributed by atoms with Crippen molar-refractivity contribution in [2.24, 2.45) is 5.92 Å². The molecule has 1 fully saturated rings. The van der Waals surface area contributed by atoms with Gasteiger partial charge in [0.1, 0.15) is 5.60 Å². The molecule has 0 bridgehead atoms. The van der Waals surface area contributed by atoms with E-state index in [1.54, 1.807) is 9.58 Å². The Morgan fingerprint density at radius 1 is 1.14 bits per heavy atom. The van der Waals surface area contributed by atoms with E-state index in [9.17, 15) is 9.59 Å². The molecule has 0 radical (unpaired) electrons. The summed E-state index contributed by atoms with van der Waals surface area (Å²) in [5, 5.41) is 4.65. The normalized spacial score (nSPS) is 16.4. The van der Waals surface area contributed by atoms with Crippen molar-refractivity contribution in [1.82, 2.24) is 29.5 Å². The predicted octanol–water partition coefficient (Wildman–Crippen LogP) is 4.32. The number of nitrogens with zero attached hydrogens (tertiary/aromatic N) is 6. The summed E-state index contributed by atoms with van der Waals surface area (Å²) in [7, 11) is 0. The van der Waals surface area contributed by atoms with E-state index in [4.69, 9.17) is 4.74 Å². The summed E-state index contributed by atoms with van der Waals surface area (Å²) in [5.74, 6) is 0.826. The Balaban J connectivity index is 1.70. The fraction of sp³-hybridized carbons (Fsp3) is 0.667. The van der Waals surface area contributed by atoms with Crippen LogP contribution in [0.4, 0.5) is 4.79 Å². The first kappa shape index (κ1) is 27.6. The lowest BCUT2D eigenvalue weighted by Crippen LogP contribution is -2.48. The number of carbonyl (C=O) groups excluding carboxylic acids is 2. The van der Waals surface area contributed by atoms with E-state index in [1.807, 2.05) is 73.3 Å². The van der Waals surface area contributed by atoms with Crippen LogP contribution >= 0.6 is 0 Å². The molecule has 0 spiro atoms. The molecular weight excluding hydrogens is 456 g/mol. The van der Waals surface area contributed by atoms with Gasteiger partial charge in [0.2, 0.25) is 5.91 Å². The monoisotopic (exact) mass is 498 g/mol. The molecule has 0 aromatic carbocycles. The largest absolute Gasteiger partial charge is 0.444 e. The van der Waals surface area contributed by atoms with Crippen LogP contribution in [0.15, 0.2) is 6.07 Å². The van der Waals surface area contributed by atoms with Gasteiger partial charge in [-0.3, -0.25) is 4.79 Å². The van der Waals surface area contributed by atoms with Gasteiger partial charge in [0.15, 0.2) is 0 Å². The van der Waals surface area contributed by atoms with Crippen LogP contribution in [0, 0.1) is 33.6 Å². The van der Waals surface area contributed by atoms with Gasteiger partial charge in [0.05, 0.1) is 12.1 Å². The Kier molecular flexibility index (Phi) is 8.41. The summed E-state index contributed by atoms with van der Waals surface area (Å²) in [6, 6.07) is 1.95. The molecule has 1 aliphatic rings. The topological polar surface area (TPSA) is 93.5 Å². The fourth-order valence-corrected chi connectivity index (χ4v) is 4.73. The molecule has 2 aromatic heterocycles. The van der Waals surface area contributed by atoms with Crippen molar-refractivity contribution < 1.29 is 14.3 Å². The van der Waals surface area contributed by atoms with Crippen LogP contribution in [0.5, 0.6) is 0 Å². The number of aryl methyl sites for hydroxylation is 3. The lowest BCUT2D eigenvalue weighted by Gasteiger charge is -2.37. The number of ether oxygens (including phenoxy) is 1. The molecule has 1 atom stereocenters. The summed E-state index contributed by atoms with van der Waals surface area (Å²) in [6.07, 6.45) is 1.89. The Labute approximate surface area is 215 Å². The van der Waals surface area contributed by atoms with E-state index in [2.05, 4.69) is 15.1 Å². The van der Waals surface area contributed by atoms with Crippen molar-refractivity contribution in [2.45, 2.75) is 93.2 Å². The summed E-state index contributed by atoms with van der Waals surface area (Å²) >= 11 is 0. The molecule has 0 saturated carbocycles. The molecule has 1 saturated heterocycles. The molecule has 198 valence electrons. The van der Waals surface area contributed by atoms with Crippen LogP contribution in [0.3, 0.4) is 0 Å². The average molecular weight is 499 g/mol. The zero-order valence-corrected chi connectivity index (χ0v) is 23.4. The number of hydrogen-bond acceptors (Lipinski definition) is 6. The van der Waals surface area contributed by atoms with Crippen molar-refractivity contribution in [3.8, 4) is 5.95 Å². The second-order valence-corrected chi connectivity index (χ2v) is 11.3. The molecular formula is C27H42N6O3. The van der Waals surface area contributed by atoms with Crippen molar-refractivity contribution in [3.05, 3.63) is 34.4 Å². The van der Waals surface area contributed by atoms with E-state index in [1.165, 1.54) is 0 Å². The van der Waals surface area contributed by atoms with E-state index in [0.717, 1.165) is 47.7 Å². The number of likely N-dealkylation sites (tertiary alicyclic amines) is 1. The summed E-state index contributed by atoms with van der Waals surface area (Å²) in [4.78, 5) is 38.9. The minimum Gasteiger partial charge on any atom is -0.444 e. The average Bonchev–Trinajstić information content (AvgIpc) is 3.04. The molecule has 36 heavy (non-hydrogen) atoms. The third-order valence-electron chi connectivity index (χ3n) is 6.51. The predicted molar refractivity (Wildman–Crippen MR) is 139 cm³/mol. The molecule has 0 aliphatic carbocycles. The van der Waals surface area contributed by atoms with Crippen molar-refractivity contribution in [1.29, 1.82) is 0 Å². The van der Waals surface area contributed by atoms with Crippen LogP contribution in [0.1, 0.15) is 75.8 Å².